The molecule has 1 aromatic heterocycles. The van der Waals surface area contributed by atoms with Crippen LogP contribution in [0.5, 0.6) is 11.5 Å². The molecule has 4 rings (SSSR count). The van der Waals surface area contributed by atoms with Crippen molar-refractivity contribution in [2.75, 3.05) is 33.4 Å². The number of hydrogen-bond acceptors (Lipinski definition) is 6. The fraction of sp³-hybridized carbons (Fsp3) is 0.409. The number of ether oxygens (including phenoxy) is 3. The summed E-state index contributed by atoms with van der Waals surface area (Å²) in [5.41, 5.74) is 0.421. The smallest absolute Gasteiger partial charge is 0.410 e. The zero-order valence-corrected chi connectivity index (χ0v) is 18.8. The second-order valence-electron chi connectivity index (χ2n) is 7.51. The zero-order chi connectivity index (χ0) is 21.8. The summed E-state index contributed by atoms with van der Waals surface area (Å²) in [5.74, 6) is 1.36. The van der Waals surface area contributed by atoms with Crippen LogP contribution in [0, 0.1) is 0 Å². The third-order valence-corrected chi connectivity index (χ3v) is 5.97. The van der Waals surface area contributed by atoms with Gasteiger partial charge in [0.15, 0.2) is 6.10 Å². The van der Waals surface area contributed by atoms with Gasteiger partial charge in [0.2, 0.25) is 0 Å². The molecule has 2 saturated heterocycles. The highest BCUT2D eigenvalue weighted by molar-refractivity contribution is 9.10. The summed E-state index contributed by atoms with van der Waals surface area (Å²) in [6.07, 6.45) is 0.781. The first-order valence-corrected chi connectivity index (χ1v) is 11.0. The number of halogens is 1. The number of aromatic nitrogens is 1. The van der Waals surface area contributed by atoms with E-state index in [0.29, 0.717) is 55.1 Å². The highest BCUT2D eigenvalue weighted by Crippen LogP contribution is 2.24. The number of pyridine rings is 1. The van der Waals surface area contributed by atoms with Gasteiger partial charge < -0.3 is 24.0 Å². The molecule has 0 N–H and O–H groups in total. The highest BCUT2D eigenvalue weighted by atomic mass is 79.9. The Morgan fingerprint density at radius 2 is 1.87 bits per heavy atom. The van der Waals surface area contributed by atoms with Crippen LogP contribution in [-0.4, -0.2) is 72.3 Å². The molecule has 2 aliphatic heterocycles. The van der Waals surface area contributed by atoms with E-state index in [4.69, 9.17) is 14.2 Å². The van der Waals surface area contributed by atoms with Crippen molar-refractivity contribution in [2.45, 2.75) is 25.0 Å². The molecule has 2 aliphatic rings. The third kappa shape index (κ3) is 5.10. The van der Waals surface area contributed by atoms with Crippen LogP contribution < -0.4 is 9.47 Å². The lowest BCUT2D eigenvalue weighted by atomic mass is 10.0. The minimum atomic E-state index is -0.319. The van der Waals surface area contributed by atoms with Crippen molar-refractivity contribution in [3.63, 3.8) is 0 Å². The number of nitrogens with zero attached hydrogens (tertiary/aromatic N) is 3. The van der Waals surface area contributed by atoms with Gasteiger partial charge in [-0.1, -0.05) is 6.07 Å². The van der Waals surface area contributed by atoms with Crippen LogP contribution in [0.2, 0.25) is 0 Å². The van der Waals surface area contributed by atoms with Gasteiger partial charge in [-0.25, -0.2) is 9.78 Å². The lowest BCUT2D eigenvalue weighted by Crippen LogP contribution is -2.47. The van der Waals surface area contributed by atoms with Gasteiger partial charge in [-0.15, -0.1) is 0 Å². The number of carbonyl (C=O) groups is 2. The summed E-state index contributed by atoms with van der Waals surface area (Å²) in [7, 11) is 1.61. The molecule has 164 valence electrons. The Kier molecular flexibility index (Phi) is 6.60. The monoisotopic (exact) mass is 489 g/mol. The SMILES string of the molecule is COc1ccc(OCC2CN(C3CCN(C(=O)c4cccc(Br)n4)CC3)C(=O)O2)cc1. The lowest BCUT2D eigenvalue weighted by Gasteiger charge is -2.35. The molecule has 0 radical (unpaired) electrons. The van der Waals surface area contributed by atoms with E-state index in [2.05, 4.69) is 20.9 Å². The maximum atomic E-state index is 12.7. The number of piperidine rings is 1. The number of hydrogen-bond donors (Lipinski definition) is 0. The molecule has 2 fully saturated rings. The molecule has 8 nitrogen and oxygen atoms in total. The molecule has 1 unspecified atom stereocenters. The first-order chi connectivity index (χ1) is 15.0. The predicted octanol–water partition coefficient (Wildman–Crippen LogP) is 3.36. The van der Waals surface area contributed by atoms with Crippen molar-refractivity contribution in [2.24, 2.45) is 0 Å². The summed E-state index contributed by atoms with van der Waals surface area (Å²) in [5, 5.41) is 0. The standard InChI is InChI=1S/C22H24BrN3O5/c1-29-16-5-7-17(8-6-16)30-14-18-13-26(22(28)31-18)15-9-11-25(12-10-15)21(27)19-3-2-4-20(23)24-19/h2-8,15,18H,9-14H2,1H3. The maximum Gasteiger partial charge on any atom is 0.410 e. The molecular weight excluding hydrogens is 466 g/mol. The number of cyclic esters (lactones) is 1. The topological polar surface area (TPSA) is 81.2 Å². The number of likely N-dealkylation sites (tertiary alicyclic amines) is 1. The summed E-state index contributed by atoms with van der Waals surface area (Å²) in [6.45, 7) is 1.93. The third-order valence-electron chi connectivity index (χ3n) is 5.52. The lowest BCUT2D eigenvalue weighted by molar-refractivity contribution is 0.0652. The largest absolute Gasteiger partial charge is 0.497 e. The minimum Gasteiger partial charge on any atom is -0.497 e. The number of carbonyl (C=O) groups excluding carboxylic acids is 2. The van der Waals surface area contributed by atoms with E-state index in [9.17, 15) is 9.59 Å². The normalized spacial score (nSPS) is 19.3. The molecule has 2 aromatic rings. The van der Waals surface area contributed by atoms with Crippen molar-refractivity contribution >= 4 is 27.9 Å². The van der Waals surface area contributed by atoms with Gasteiger partial charge in [0.25, 0.3) is 5.91 Å². The van der Waals surface area contributed by atoms with Crippen LogP contribution >= 0.6 is 15.9 Å². The molecule has 1 aromatic carbocycles. The van der Waals surface area contributed by atoms with E-state index >= 15 is 0 Å². The molecule has 3 heterocycles. The minimum absolute atomic E-state index is 0.0537. The fourth-order valence-electron chi connectivity index (χ4n) is 3.86. The van der Waals surface area contributed by atoms with E-state index in [-0.39, 0.29) is 24.1 Å². The molecule has 0 aliphatic carbocycles. The molecule has 31 heavy (non-hydrogen) atoms. The van der Waals surface area contributed by atoms with Gasteiger partial charge in [0.1, 0.15) is 28.4 Å². The molecule has 0 spiro atoms. The van der Waals surface area contributed by atoms with E-state index < -0.39 is 0 Å². The quantitative estimate of drug-likeness (QED) is 0.578. The number of benzene rings is 1. The zero-order valence-electron chi connectivity index (χ0n) is 17.2. The summed E-state index contributed by atoms with van der Waals surface area (Å²) < 4.78 is 17.0. The molecule has 1 atom stereocenters. The summed E-state index contributed by atoms with van der Waals surface area (Å²) >= 11 is 3.30. The predicted molar refractivity (Wildman–Crippen MR) is 116 cm³/mol. The van der Waals surface area contributed by atoms with Gasteiger partial charge in [-0.2, -0.15) is 0 Å². The van der Waals surface area contributed by atoms with Gasteiger partial charge in [0, 0.05) is 19.1 Å². The first-order valence-electron chi connectivity index (χ1n) is 10.2. The van der Waals surface area contributed by atoms with Crippen LogP contribution in [0.4, 0.5) is 4.79 Å². The van der Waals surface area contributed by atoms with Crippen molar-refractivity contribution < 1.29 is 23.8 Å². The first kappa shape index (κ1) is 21.4. The fourth-order valence-corrected chi connectivity index (χ4v) is 4.20. The van der Waals surface area contributed by atoms with Gasteiger partial charge in [-0.3, -0.25) is 4.79 Å². The van der Waals surface area contributed by atoms with Gasteiger partial charge in [0.05, 0.1) is 13.7 Å². The van der Waals surface area contributed by atoms with E-state index in [1.54, 1.807) is 35.1 Å². The second-order valence-corrected chi connectivity index (χ2v) is 8.33. The Morgan fingerprint density at radius 3 is 2.55 bits per heavy atom. The molecule has 2 amide bonds. The molecule has 0 bridgehead atoms. The van der Waals surface area contributed by atoms with Crippen LogP contribution in [0.3, 0.4) is 0 Å². The Balaban J connectivity index is 1.26. The Labute approximate surface area is 189 Å². The van der Waals surface area contributed by atoms with E-state index in [1.807, 2.05) is 24.3 Å². The molecule has 9 heteroatoms. The Hall–Kier alpha value is -2.81. The molecular formula is C22H24BrN3O5. The van der Waals surface area contributed by atoms with Crippen molar-refractivity contribution in [1.82, 2.24) is 14.8 Å². The van der Waals surface area contributed by atoms with Crippen molar-refractivity contribution in [1.29, 1.82) is 0 Å². The van der Waals surface area contributed by atoms with Crippen LogP contribution in [-0.2, 0) is 4.74 Å². The number of rotatable bonds is 6. The van der Waals surface area contributed by atoms with Crippen LogP contribution in [0.25, 0.3) is 0 Å². The van der Waals surface area contributed by atoms with Gasteiger partial charge >= 0.3 is 6.09 Å². The Morgan fingerprint density at radius 1 is 1.16 bits per heavy atom. The Bertz CT molecular complexity index is 931. The van der Waals surface area contributed by atoms with Crippen molar-refractivity contribution in [3.05, 3.63) is 52.8 Å². The van der Waals surface area contributed by atoms with Crippen LogP contribution in [0.1, 0.15) is 23.3 Å². The average Bonchev–Trinajstić information content (AvgIpc) is 3.18. The van der Waals surface area contributed by atoms with E-state index in [0.717, 1.165) is 5.75 Å². The highest BCUT2D eigenvalue weighted by Gasteiger charge is 2.38. The van der Waals surface area contributed by atoms with E-state index in [1.165, 1.54) is 0 Å². The van der Waals surface area contributed by atoms with Crippen molar-refractivity contribution in [3.8, 4) is 11.5 Å². The summed E-state index contributed by atoms with van der Waals surface area (Å²) in [6, 6.07) is 12.6. The van der Waals surface area contributed by atoms with Crippen LogP contribution in [0.15, 0.2) is 47.1 Å². The molecule has 0 saturated carbocycles. The van der Waals surface area contributed by atoms with Gasteiger partial charge in [-0.05, 0) is 65.2 Å². The number of methoxy groups -OCH3 is 1. The second kappa shape index (κ2) is 9.55. The number of amides is 2. The summed E-state index contributed by atoms with van der Waals surface area (Å²) in [4.78, 5) is 32.9. The average molecular weight is 490 g/mol. The maximum absolute atomic E-state index is 12.7.